The maximum Gasteiger partial charge on any atom is 0.245 e. The van der Waals surface area contributed by atoms with E-state index in [1.165, 1.54) is 16.4 Å². The minimum absolute atomic E-state index is 0.0606. The monoisotopic (exact) mass is 308 g/mol. The van der Waals surface area contributed by atoms with Crippen LogP contribution in [0.2, 0.25) is 5.02 Å². The van der Waals surface area contributed by atoms with Crippen molar-refractivity contribution in [3.63, 3.8) is 0 Å². The Hall–Kier alpha value is -0.430. The highest BCUT2D eigenvalue weighted by Crippen LogP contribution is 2.26. The van der Waals surface area contributed by atoms with Gasteiger partial charge in [-0.15, -0.1) is 0 Å². The molecule has 1 aromatic carbocycles. The number of nitrogens with zero attached hydrogens (tertiary/aromatic N) is 1. The van der Waals surface area contributed by atoms with E-state index in [-0.39, 0.29) is 16.6 Å². The molecule has 7 heteroatoms. The van der Waals surface area contributed by atoms with Gasteiger partial charge in [-0.05, 0) is 31.4 Å². The van der Waals surface area contributed by atoms with Crippen molar-refractivity contribution < 1.29 is 8.42 Å². The van der Waals surface area contributed by atoms with Crippen molar-refractivity contribution in [2.75, 3.05) is 24.8 Å². The molecule has 102 valence electrons. The van der Waals surface area contributed by atoms with E-state index >= 15 is 0 Å². The van der Waals surface area contributed by atoms with Crippen molar-refractivity contribution in [2.24, 2.45) is 0 Å². The number of halogens is 1. The van der Waals surface area contributed by atoms with Gasteiger partial charge in [-0.25, -0.2) is 8.42 Å². The summed E-state index contributed by atoms with van der Waals surface area (Å²) in [6, 6.07) is 4.35. The number of benzene rings is 1. The molecule has 0 radical (unpaired) electrons. The number of hydrogen-bond donors (Lipinski definition) is 1. The van der Waals surface area contributed by atoms with Crippen molar-refractivity contribution in [2.45, 2.75) is 17.9 Å². The number of hydrogen-bond acceptors (Lipinski definition) is 4. The van der Waals surface area contributed by atoms with E-state index in [1.807, 2.05) is 13.2 Å². The molecule has 0 saturated heterocycles. The summed E-state index contributed by atoms with van der Waals surface area (Å²) >= 11 is 7.42. The minimum Gasteiger partial charge on any atom is -0.398 e. The molecule has 4 nitrogen and oxygen atoms in total. The van der Waals surface area contributed by atoms with Gasteiger partial charge in [0.1, 0.15) is 4.90 Å². The number of sulfonamides is 1. The molecule has 0 aliphatic carbocycles. The predicted molar refractivity (Wildman–Crippen MR) is 78.7 cm³/mol. The normalized spacial score (nSPS) is 13.8. The second kappa shape index (κ2) is 6.14. The molecule has 0 saturated carbocycles. The lowest BCUT2D eigenvalue weighted by Gasteiger charge is -2.24. The number of thioether (sulfide) groups is 1. The van der Waals surface area contributed by atoms with Crippen molar-refractivity contribution in [1.82, 2.24) is 4.31 Å². The number of nitrogens with two attached hydrogens (primary N) is 1. The van der Waals surface area contributed by atoms with E-state index < -0.39 is 10.0 Å². The number of rotatable bonds is 5. The average Bonchev–Trinajstić information content (AvgIpc) is 2.31. The molecular weight excluding hydrogens is 292 g/mol. The first-order chi connectivity index (χ1) is 8.30. The standard InChI is InChI=1S/C11H17ClN2O2S2/c1-8(7-17-3)14(2)18(15,16)11-6-9(12)4-5-10(11)13/h4-6,8H,7,13H2,1-3H3. The fourth-order valence-electron chi connectivity index (χ4n) is 1.47. The average molecular weight is 309 g/mol. The Kier molecular flexibility index (Phi) is 5.33. The highest BCUT2D eigenvalue weighted by Gasteiger charge is 2.27. The third-order valence-corrected chi connectivity index (χ3v) is 5.74. The number of nitrogen functional groups attached to an aromatic ring is 1. The van der Waals surface area contributed by atoms with Gasteiger partial charge >= 0.3 is 0 Å². The number of anilines is 1. The molecule has 0 spiro atoms. The van der Waals surface area contributed by atoms with Gasteiger partial charge in [0.25, 0.3) is 0 Å². The van der Waals surface area contributed by atoms with E-state index in [0.717, 1.165) is 5.75 Å². The summed E-state index contributed by atoms with van der Waals surface area (Å²) in [5.41, 5.74) is 5.93. The van der Waals surface area contributed by atoms with E-state index in [4.69, 9.17) is 17.3 Å². The zero-order chi connectivity index (χ0) is 13.9. The molecule has 0 aliphatic heterocycles. The van der Waals surface area contributed by atoms with Crippen LogP contribution in [0.15, 0.2) is 23.1 Å². The van der Waals surface area contributed by atoms with Crippen LogP contribution in [0.4, 0.5) is 5.69 Å². The first kappa shape index (κ1) is 15.6. The lowest BCUT2D eigenvalue weighted by molar-refractivity contribution is 0.415. The lowest BCUT2D eigenvalue weighted by atomic mass is 10.3. The molecule has 1 atom stereocenters. The van der Waals surface area contributed by atoms with Gasteiger partial charge in [0.2, 0.25) is 10.0 Å². The topological polar surface area (TPSA) is 63.4 Å². The van der Waals surface area contributed by atoms with E-state index in [9.17, 15) is 8.42 Å². The highest BCUT2D eigenvalue weighted by atomic mass is 35.5. The van der Waals surface area contributed by atoms with Crippen LogP contribution in [0.5, 0.6) is 0 Å². The highest BCUT2D eigenvalue weighted by molar-refractivity contribution is 7.98. The van der Waals surface area contributed by atoms with Gasteiger partial charge in [-0.1, -0.05) is 11.6 Å². The van der Waals surface area contributed by atoms with Gasteiger partial charge in [-0.2, -0.15) is 16.1 Å². The minimum atomic E-state index is -3.60. The van der Waals surface area contributed by atoms with Crippen LogP contribution in [-0.2, 0) is 10.0 Å². The Labute approximate surface area is 118 Å². The van der Waals surface area contributed by atoms with Crippen LogP contribution in [0, 0.1) is 0 Å². The Bertz CT molecular complexity index is 520. The van der Waals surface area contributed by atoms with Crippen molar-refractivity contribution in [3.8, 4) is 0 Å². The van der Waals surface area contributed by atoms with Gasteiger partial charge in [0, 0.05) is 23.9 Å². The van der Waals surface area contributed by atoms with Gasteiger partial charge < -0.3 is 5.73 Å². The van der Waals surface area contributed by atoms with Gasteiger partial charge in [0.15, 0.2) is 0 Å². The van der Waals surface area contributed by atoms with Crippen molar-refractivity contribution in [1.29, 1.82) is 0 Å². The summed E-state index contributed by atoms with van der Waals surface area (Å²) in [7, 11) is -2.05. The van der Waals surface area contributed by atoms with Crippen LogP contribution in [-0.4, -0.2) is 37.8 Å². The summed E-state index contributed by atoms with van der Waals surface area (Å²) < 4.78 is 26.1. The molecule has 1 unspecified atom stereocenters. The van der Waals surface area contributed by atoms with Gasteiger partial charge in [0.05, 0.1) is 5.69 Å². The van der Waals surface area contributed by atoms with E-state index in [1.54, 1.807) is 24.9 Å². The fraction of sp³-hybridized carbons (Fsp3) is 0.455. The second-order valence-electron chi connectivity index (χ2n) is 4.01. The molecule has 0 amide bonds. The Balaban J connectivity index is 3.17. The largest absolute Gasteiger partial charge is 0.398 e. The molecule has 1 rings (SSSR count). The molecule has 1 aromatic rings. The Morgan fingerprint density at radius 3 is 2.67 bits per heavy atom. The van der Waals surface area contributed by atoms with Crippen LogP contribution in [0.1, 0.15) is 6.92 Å². The van der Waals surface area contributed by atoms with Crippen LogP contribution < -0.4 is 5.73 Å². The molecule has 18 heavy (non-hydrogen) atoms. The predicted octanol–water partition coefficient (Wildman–Crippen LogP) is 2.29. The van der Waals surface area contributed by atoms with Crippen LogP contribution in [0.25, 0.3) is 0 Å². The second-order valence-corrected chi connectivity index (χ2v) is 7.32. The Morgan fingerprint density at radius 2 is 2.11 bits per heavy atom. The molecule has 0 heterocycles. The SMILES string of the molecule is CSCC(C)N(C)S(=O)(=O)c1cc(Cl)ccc1N. The summed E-state index contributed by atoms with van der Waals surface area (Å²) in [5, 5.41) is 0.355. The third-order valence-electron chi connectivity index (χ3n) is 2.66. The molecule has 2 N–H and O–H groups in total. The zero-order valence-electron chi connectivity index (χ0n) is 10.6. The Morgan fingerprint density at radius 1 is 1.50 bits per heavy atom. The fourth-order valence-corrected chi connectivity index (χ4v) is 4.01. The molecule has 0 fully saturated rings. The quantitative estimate of drug-likeness (QED) is 0.848. The van der Waals surface area contributed by atoms with E-state index in [0.29, 0.717) is 5.02 Å². The van der Waals surface area contributed by atoms with Crippen molar-refractivity contribution in [3.05, 3.63) is 23.2 Å². The molecule has 0 bridgehead atoms. The summed E-state index contributed by atoms with van der Waals surface area (Å²) in [6.07, 6.45) is 1.94. The zero-order valence-corrected chi connectivity index (χ0v) is 12.9. The molecular formula is C11H17ClN2O2S2. The van der Waals surface area contributed by atoms with Crippen molar-refractivity contribution >= 4 is 39.1 Å². The summed E-state index contributed by atoms with van der Waals surface area (Å²) in [5.74, 6) is 0.718. The summed E-state index contributed by atoms with van der Waals surface area (Å²) in [6.45, 7) is 1.86. The molecule has 0 aliphatic rings. The van der Waals surface area contributed by atoms with Gasteiger partial charge in [-0.3, -0.25) is 0 Å². The maximum absolute atomic E-state index is 12.4. The third kappa shape index (κ3) is 3.32. The smallest absolute Gasteiger partial charge is 0.245 e. The first-order valence-electron chi connectivity index (χ1n) is 5.32. The lowest BCUT2D eigenvalue weighted by Crippen LogP contribution is -2.36. The van der Waals surface area contributed by atoms with Crippen LogP contribution >= 0.6 is 23.4 Å². The first-order valence-corrected chi connectivity index (χ1v) is 8.54. The summed E-state index contributed by atoms with van der Waals surface area (Å²) in [4.78, 5) is 0.0606. The maximum atomic E-state index is 12.4. The molecule has 0 aromatic heterocycles. The van der Waals surface area contributed by atoms with E-state index in [2.05, 4.69) is 0 Å². The van der Waals surface area contributed by atoms with Crippen LogP contribution in [0.3, 0.4) is 0 Å².